The van der Waals surface area contributed by atoms with E-state index in [2.05, 4.69) is 36.5 Å². The van der Waals surface area contributed by atoms with Crippen LogP contribution in [0.25, 0.3) is 0 Å². The van der Waals surface area contributed by atoms with E-state index in [0.29, 0.717) is 6.42 Å². The van der Waals surface area contributed by atoms with E-state index in [-0.39, 0.29) is 11.8 Å². The largest absolute Gasteiger partial charge is 0.273 e. The molecule has 0 aliphatic rings. The second-order valence-corrected chi connectivity index (χ2v) is 6.59. The molecule has 0 aromatic heterocycles. The zero-order chi connectivity index (χ0) is 17.5. The summed E-state index contributed by atoms with van der Waals surface area (Å²) in [5, 5.41) is 4.08. The van der Waals surface area contributed by atoms with Gasteiger partial charge in [-0.25, -0.2) is 5.43 Å². The van der Waals surface area contributed by atoms with Crippen molar-refractivity contribution in [2.75, 3.05) is 0 Å². The van der Waals surface area contributed by atoms with Gasteiger partial charge in [-0.2, -0.15) is 5.10 Å². The number of nitrogens with one attached hydrogen (secondary N) is 1. The lowest BCUT2D eigenvalue weighted by atomic mass is 10.0. The minimum absolute atomic E-state index is 0.0226. The molecule has 0 aliphatic carbocycles. The van der Waals surface area contributed by atoms with E-state index >= 15 is 0 Å². The van der Waals surface area contributed by atoms with Crippen LogP contribution in [0.5, 0.6) is 0 Å². The fourth-order valence-corrected chi connectivity index (χ4v) is 2.72. The molecule has 0 heterocycles. The second-order valence-electron chi connectivity index (χ2n) is 6.59. The predicted octanol–water partition coefficient (Wildman–Crippen LogP) is 5.81. The molecule has 1 atom stereocenters. The van der Waals surface area contributed by atoms with E-state index in [1.807, 2.05) is 18.2 Å². The summed E-state index contributed by atoms with van der Waals surface area (Å²) in [6.07, 6.45) is 13.8. The number of carbonyl (C=O) groups excluding carboxylic acids is 1. The smallest absolute Gasteiger partial charge is 0.240 e. The Labute approximate surface area is 147 Å². The van der Waals surface area contributed by atoms with Crippen molar-refractivity contribution in [1.82, 2.24) is 5.43 Å². The van der Waals surface area contributed by atoms with Crippen molar-refractivity contribution in [3.8, 4) is 0 Å². The molecule has 0 saturated heterocycles. The fraction of sp³-hybridized carbons (Fsp3) is 0.619. The van der Waals surface area contributed by atoms with Gasteiger partial charge in [0.1, 0.15) is 0 Å². The van der Waals surface area contributed by atoms with Gasteiger partial charge in [0.15, 0.2) is 0 Å². The summed E-state index contributed by atoms with van der Waals surface area (Å²) in [5.74, 6) is 0.230. The first-order valence-electron chi connectivity index (χ1n) is 9.61. The molecule has 1 rings (SSSR count). The van der Waals surface area contributed by atoms with Gasteiger partial charge >= 0.3 is 0 Å². The maximum atomic E-state index is 11.7. The van der Waals surface area contributed by atoms with Crippen LogP contribution in [0.3, 0.4) is 0 Å². The number of unbranched alkanes of at least 4 members (excludes halogenated alkanes) is 8. The van der Waals surface area contributed by atoms with Crippen molar-refractivity contribution in [1.29, 1.82) is 0 Å². The minimum atomic E-state index is 0.0226. The predicted molar refractivity (Wildman–Crippen MR) is 103 cm³/mol. The van der Waals surface area contributed by atoms with Gasteiger partial charge < -0.3 is 0 Å². The molecule has 0 spiro atoms. The van der Waals surface area contributed by atoms with Crippen molar-refractivity contribution in [2.24, 2.45) is 5.10 Å². The van der Waals surface area contributed by atoms with Gasteiger partial charge in [0.2, 0.25) is 5.91 Å². The Hall–Kier alpha value is -1.64. The zero-order valence-electron chi connectivity index (χ0n) is 15.5. The Balaban J connectivity index is 2.01. The third-order valence-corrected chi connectivity index (χ3v) is 4.32. The summed E-state index contributed by atoms with van der Waals surface area (Å²) in [4.78, 5) is 11.7. The Kier molecular flexibility index (Phi) is 11.7. The van der Waals surface area contributed by atoms with Crippen molar-refractivity contribution < 1.29 is 4.79 Å². The van der Waals surface area contributed by atoms with E-state index < -0.39 is 0 Å². The Bertz CT molecular complexity index is 456. The maximum Gasteiger partial charge on any atom is 0.240 e. The lowest BCUT2D eigenvalue weighted by Gasteiger charge is -2.05. The van der Waals surface area contributed by atoms with E-state index in [0.717, 1.165) is 12.8 Å². The average molecular weight is 331 g/mol. The van der Waals surface area contributed by atoms with Crippen LogP contribution >= 0.6 is 0 Å². The molecular formula is C21H34N2O. The summed E-state index contributed by atoms with van der Waals surface area (Å²) < 4.78 is 0. The fourth-order valence-electron chi connectivity index (χ4n) is 2.72. The molecule has 0 saturated carbocycles. The Morgan fingerprint density at radius 1 is 1.00 bits per heavy atom. The van der Waals surface area contributed by atoms with Crippen LogP contribution in [-0.4, -0.2) is 12.1 Å². The number of nitrogens with zero attached hydrogens (tertiary/aromatic N) is 1. The van der Waals surface area contributed by atoms with Gasteiger partial charge in [0, 0.05) is 18.6 Å². The average Bonchev–Trinajstić information content (AvgIpc) is 2.61. The molecule has 3 heteroatoms. The van der Waals surface area contributed by atoms with E-state index in [9.17, 15) is 4.79 Å². The van der Waals surface area contributed by atoms with Crippen LogP contribution in [0.1, 0.15) is 89.5 Å². The number of rotatable bonds is 13. The molecule has 1 aromatic carbocycles. The number of hydrogen-bond acceptors (Lipinski definition) is 2. The van der Waals surface area contributed by atoms with Crippen molar-refractivity contribution >= 4 is 12.1 Å². The van der Waals surface area contributed by atoms with Gasteiger partial charge in [-0.1, -0.05) is 95.5 Å². The van der Waals surface area contributed by atoms with Gasteiger partial charge in [-0.3, -0.25) is 4.79 Å². The highest BCUT2D eigenvalue weighted by atomic mass is 16.2. The lowest BCUT2D eigenvalue weighted by molar-refractivity contribution is -0.121. The second kappa shape index (κ2) is 13.8. The van der Waals surface area contributed by atoms with Crippen molar-refractivity contribution in [3.05, 3.63) is 35.9 Å². The monoisotopic (exact) mass is 330 g/mol. The molecule has 1 N–H and O–H groups in total. The van der Waals surface area contributed by atoms with Crippen LogP contribution in [0.2, 0.25) is 0 Å². The summed E-state index contributed by atoms with van der Waals surface area (Å²) in [7, 11) is 0. The molecule has 0 fully saturated rings. The molecular weight excluding hydrogens is 296 g/mol. The quantitative estimate of drug-likeness (QED) is 0.277. The highest BCUT2D eigenvalue weighted by Gasteiger charge is 2.02. The summed E-state index contributed by atoms with van der Waals surface area (Å²) in [6, 6.07) is 10.2. The number of hydrogen-bond donors (Lipinski definition) is 1. The van der Waals surface area contributed by atoms with Crippen LogP contribution in [0.4, 0.5) is 0 Å². The van der Waals surface area contributed by atoms with Crippen LogP contribution in [0, 0.1) is 0 Å². The third-order valence-electron chi connectivity index (χ3n) is 4.32. The third kappa shape index (κ3) is 10.2. The highest BCUT2D eigenvalue weighted by molar-refractivity contribution is 5.77. The van der Waals surface area contributed by atoms with Crippen LogP contribution < -0.4 is 5.43 Å². The van der Waals surface area contributed by atoms with Crippen LogP contribution in [-0.2, 0) is 4.79 Å². The summed E-state index contributed by atoms with van der Waals surface area (Å²) >= 11 is 0. The molecule has 1 aromatic rings. The topological polar surface area (TPSA) is 41.5 Å². The zero-order valence-corrected chi connectivity index (χ0v) is 15.5. The normalized spacial score (nSPS) is 12.4. The molecule has 0 bridgehead atoms. The van der Waals surface area contributed by atoms with Gasteiger partial charge in [-0.05, 0) is 12.0 Å². The number of benzene rings is 1. The lowest BCUT2D eigenvalue weighted by Crippen LogP contribution is -2.17. The minimum Gasteiger partial charge on any atom is -0.273 e. The first-order valence-corrected chi connectivity index (χ1v) is 9.61. The first-order chi connectivity index (χ1) is 11.7. The molecule has 1 unspecified atom stereocenters. The van der Waals surface area contributed by atoms with Crippen LogP contribution in [0.15, 0.2) is 35.4 Å². The molecule has 24 heavy (non-hydrogen) atoms. The van der Waals surface area contributed by atoms with E-state index in [4.69, 9.17) is 0 Å². The van der Waals surface area contributed by atoms with E-state index in [1.165, 1.54) is 50.5 Å². The maximum absolute atomic E-state index is 11.7. The Morgan fingerprint density at radius 3 is 2.21 bits per heavy atom. The number of amides is 1. The number of carbonyl (C=O) groups is 1. The molecule has 1 amide bonds. The molecule has 0 radical (unpaired) electrons. The van der Waals surface area contributed by atoms with Crippen molar-refractivity contribution in [3.63, 3.8) is 0 Å². The summed E-state index contributed by atoms with van der Waals surface area (Å²) in [5.41, 5.74) is 3.84. The summed E-state index contributed by atoms with van der Waals surface area (Å²) in [6.45, 7) is 4.32. The molecule has 0 aliphatic heterocycles. The van der Waals surface area contributed by atoms with Gasteiger partial charge in [0.05, 0.1) is 0 Å². The van der Waals surface area contributed by atoms with Gasteiger partial charge in [-0.15, -0.1) is 0 Å². The Morgan fingerprint density at radius 2 is 1.58 bits per heavy atom. The van der Waals surface area contributed by atoms with E-state index in [1.54, 1.807) is 6.21 Å². The SMILES string of the molecule is CCCCCCCCCCCC(=O)N/N=C/C(C)c1ccccc1. The number of hydrazone groups is 1. The molecule has 3 nitrogen and oxygen atoms in total. The first kappa shape index (κ1) is 20.4. The van der Waals surface area contributed by atoms with Crippen molar-refractivity contribution in [2.45, 2.75) is 84.0 Å². The standard InChI is InChI=1S/C21H34N2O/c1-3-4-5-6-7-8-9-10-14-17-21(24)23-22-18-19(2)20-15-12-11-13-16-20/h11-13,15-16,18-19H,3-10,14,17H2,1-2H3,(H,23,24)/b22-18+. The molecule has 134 valence electrons. The van der Waals surface area contributed by atoms with Gasteiger partial charge in [0.25, 0.3) is 0 Å². The highest BCUT2D eigenvalue weighted by Crippen LogP contribution is 2.12.